The molecule has 2 N–H and O–H groups in total. The molecule has 0 unspecified atom stereocenters. The van der Waals surface area contributed by atoms with Crippen LogP contribution in [0.25, 0.3) is 11.0 Å². The molecule has 2 aromatic heterocycles. The van der Waals surface area contributed by atoms with Gasteiger partial charge >= 0.3 is 0 Å². The normalized spacial score (nSPS) is 11.0. The van der Waals surface area contributed by atoms with Gasteiger partial charge in [-0.2, -0.15) is 5.10 Å². The van der Waals surface area contributed by atoms with Crippen molar-refractivity contribution in [2.45, 2.75) is 18.6 Å². The second-order valence-electron chi connectivity index (χ2n) is 6.63. The number of anilines is 1. The molecule has 0 saturated heterocycles. The molecule has 7 nitrogen and oxygen atoms in total. The highest BCUT2D eigenvalue weighted by Crippen LogP contribution is 2.23. The Balaban J connectivity index is 1.37. The van der Waals surface area contributed by atoms with Gasteiger partial charge < -0.3 is 15.0 Å². The average molecular weight is 407 g/mol. The minimum atomic E-state index is -0.112. The lowest BCUT2D eigenvalue weighted by Crippen LogP contribution is -2.18. The summed E-state index contributed by atoms with van der Waals surface area (Å²) < 4.78 is 7.00. The molecule has 1 amide bonds. The van der Waals surface area contributed by atoms with Crippen molar-refractivity contribution in [1.82, 2.24) is 19.7 Å². The van der Waals surface area contributed by atoms with E-state index in [1.165, 1.54) is 17.3 Å². The highest BCUT2D eigenvalue weighted by Gasteiger charge is 2.11. The van der Waals surface area contributed by atoms with Crippen molar-refractivity contribution < 1.29 is 9.53 Å². The number of carbonyl (C=O) groups excluding carboxylic acids is 1. The summed E-state index contributed by atoms with van der Waals surface area (Å²) in [6.45, 7) is 2.66. The number of H-pyrrole nitrogens is 1. The van der Waals surface area contributed by atoms with Gasteiger partial charge in [-0.3, -0.25) is 4.79 Å². The van der Waals surface area contributed by atoms with Crippen LogP contribution in [0, 0.1) is 6.92 Å². The second-order valence-corrected chi connectivity index (χ2v) is 7.59. The van der Waals surface area contributed by atoms with Gasteiger partial charge in [0.25, 0.3) is 0 Å². The topological polar surface area (TPSA) is 84.8 Å². The zero-order valence-corrected chi connectivity index (χ0v) is 17.0. The van der Waals surface area contributed by atoms with E-state index in [0.29, 0.717) is 17.5 Å². The van der Waals surface area contributed by atoms with E-state index >= 15 is 0 Å². The van der Waals surface area contributed by atoms with Crippen LogP contribution in [0.1, 0.15) is 11.1 Å². The zero-order chi connectivity index (χ0) is 20.2. The van der Waals surface area contributed by atoms with Crippen LogP contribution in [-0.2, 0) is 11.3 Å². The molecule has 0 radical (unpaired) electrons. The second kappa shape index (κ2) is 8.40. The van der Waals surface area contributed by atoms with Gasteiger partial charge in [-0.1, -0.05) is 41.6 Å². The molecule has 0 saturated carbocycles. The van der Waals surface area contributed by atoms with Crippen molar-refractivity contribution in [1.29, 1.82) is 0 Å². The third-order valence-electron chi connectivity index (χ3n) is 4.41. The van der Waals surface area contributed by atoms with E-state index in [-0.39, 0.29) is 11.7 Å². The van der Waals surface area contributed by atoms with E-state index in [0.717, 1.165) is 22.3 Å². The summed E-state index contributed by atoms with van der Waals surface area (Å²) in [7, 11) is 1.63. The molecule has 8 heteroatoms. The maximum Gasteiger partial charge on any atom is 0.235 e. The number of rotatable bonds is 7. The van der Waals surface area contributed by atoms with Crippen LogP contribution in [0.3, 0.4) is 0 Å². The Labute approximate surface area is 172 Å². The number of ether oxygens (including phenoxy) is 1. The molecule has 148 valence electrons. The first kappa shape index (κ1) is 19.1. The Bertz CT molecular complexity index is 1150. The van der Waals surface area contributed by atoms with E-state index in [1.807, 2.05) is 30.3 Å². The van der Waals surface area contributed by atoms with E-state index in [1.54, 1.807) is 24.1 Å². The molecule has 2 heterocycles. The summed E-state index contributed by atoms with van der Waals surface area (Å²) in [4.78, 5) is 20.1. The summed E-state index contributed by atoms with van der Waals surface area (Å²) in [5.41, 5.74) is 4.05. The zero-order valence-electron chi connectivity index (χ0n) is 16.2. The lowest BCUT2D eigenvalue weighted by Gasteiger charge is -2.09. The van der Waals surface area contributed by atoms with Gasteiger partial charge in [0.15, 0.2) is 5.16 Å². The summed E-state index contributed by atoms with van der Waals surface area (Å²) in [6.07, 6.45) is 1.69. The van der Waals surface area contributed by atoms with Gasteiger partial charge in [0.2, 0.25) is 5.91 Å². The van der Waals surface area contributed by atoms with Crippen LogP contribution >= 0.6 is 11.8 Å². The molecular weight excluding hydrogens is 386 g/mol. The van der Waals surface area contributed by atoms with E-state index in [2.05, 4.69) is 39.4 Å². The summed E-state index contributed by atoms with van der Waals surface area (Å²) in [6, 6.07) is 15.7. The standard InChI is InChI=1S/C21H21N5O2S/c1-14-4-3-5-15(10-14)12-26-19(8-9-22-26)25-20(27)13-29-21-23-17-7-6-16(28-2)11-18(17)24-21/h3-11H,12-13H2,1-2H3,(H,23,24)(H,25,27). The third kappa shape index (κ3) is 4.60. The Morgan fingerprint density at radius 3 is 2.97 bits per heavy atom. The van der Waals surface area contributed by atoms with Gasteiger partial charge in [0.05, 0.1) is 36.6 Å². The van der Waals surface area contributed by atoms with Crippen LogP contribution in [0.4, 0.5) is 5.82 Å². The maximum absolute atomic E-state index is 12.4. The third-order valence-corrected chi connectivity index (χ3v) is 5.28. The molecule has 0 spiro atoms. The SMILES string of the molecule is COc1ccc2nc(SCC(=O)Nc3ccnn3Cc3cccc(C)c3)[nH]c2c1. The number of aromatic nitrogens is 4. The van der Waals surface area contributed by atoms with E-state index in [9.17, 15) is 4.79 Å². The predicted octanol–water partition coefficient (Wildman–Crippen LogP) is 3.86. The monoisotopic (exact) mass is 407 g/mol. The highest BCUT2D eigenvalue weighted by atomic mass is 32.2. The largest absolute Gasteiger partial charge is 0.497 e. The number of hydrogen-bond donors (Lipinski definition) is 2. The molecule has 4 aromatic rings. The quantitative estimate of drug-likeness (QED) is 0.455. The Hall–Kier alpha value is -3.26. The molecule has 4 rings (SSSR count). The van der Waals surface area contributed by atoms with Crippen LogP contribution in [0.5, 0.6) is 5.75 Å². The molecule has 0 aliphatic rings. The van der Waals surface area contributed by atoms with Gasteiger partial charge in [-0.05, 0) is 24.6 Å². The van der Waals surface area contributed by atoms with Crippen LogP contribution < -0.4 is 10.1 Å². The summed E-state index contributed by atoms with van der Waals surface area (Å²) in [5.74, 6) is 1.56. The molecular formula is C21H21N5O2S. The number of methoxy groups -OCH3 is 1. The van der Waals surface area contributed by atoms with Gasteiger partial charge in [-0.15, -0.1) is 0 Å². The number of fused-ring (bicyclic) bond motifs is 1. The fraction of sp³-hybridized carbons (Fsp3) is 0.190. The number of imidazole rings is 1. The van der Waals surface area contributed by atoms with Crippen molar-refractivity contribution in [2.75, 3.05) is 18.2 Å². The fourth-order valence-electron chi connectivity index (χ4n) is 3.02. The highest BCUT2D eigenvalue weighted by molar-refractivity contribution is 7.99. The minimum absolute atomic E-state index is 0.112. The Morgan fingerprint density at radius 1 is 1.24 bits per heavy atom. The first-order chi connectivity index (χ1) is 14.1. The number of hydrogen-bond acceptors (Lipinski definition) is 5. The Kier molecular flexibility index (Phi) is 5.53. The smallest absolute Gasteiger partial charge is 0.235 e. The predicted molar refractivity (Wildman–Crippen MR) is 115 cm³/mol. The first-order valence-corrected chi connectivity index (χ1v) is 10.1. The fourth-order valence-corrected chi connectivity index (χ4v) is 3.71. The van der Waals surface area contributed by atoms with Crippen LogP contribution in [-0.4, -0.2) is 38.5 Å². The average Bonchev–Trinajstić information content (AvgIpc) is 3.32. The lowest BCUT2D eigenvalue weighted by molar-refractivity contribution is -0.113. The number of carbonyl (C=O) groups is 1. The van der Waals surface area contributed by atoms with Gasteiger partial charge in [0, 0.05) is 12.1 Å². The molecule has 0 bridgehead atoms. The van der Waals surface area contributed by atoms with E-state index in [4.69, 9.17) is 4.74 Å². The first-order valence-electron chi connectivity index (χ1n) is 9.14. The Morgan fingerprint density at radius 2 is 2.14 bits per heavy atom. The number of thioether (sulfide) groups is 1. The van der Waals surface area contributed by atoms with Crippen molar-refractivity contribution in [3.05, 3.63) is 65.9 Å². The minimum Gasteiger partial charge on any atom is -0.497 e. The summed E-state index contributed by atoms with van der Waals surface area (Å²) >= 11 is 1.35. The molecule has 0 fully saturated rings. The van der Waals surface area contributed by atoms with Crippen LogP contribution in [0.2, 0.25) is 0 Å². The van der Waals surface area contributed by atoms with Gasteiger partial charge in [0.1, 0.15) is 11.6 Å². The number of aromatic amines is 1. The summed E-state index contributed by atoms with van der Waals surface area (Å²) in [5, 5.41) is 7.94. The number of nitrogens with one attached hydrogen (secondary N) is 2. The van der Waals surface area contributed by atoms with Crippen molar-refractivity contribution in [2.24, 2.45) is 0 Å². The van der Waals surface area contributed by atoms with Crippen molar-refractivity contribution in [3.63, 3.8) is 0 Å². The van der Waals surface area contributed by atoms with Gasteiger partial charge in [-0.25, -0.2) is 9.67 Å². The molecule has 0 atom stereocenters. The number of aryl methyl sites for hydroxylation is 1. The van der Waals surface area contributed by atoms with Crippen molar-refractivity contribution in [3.8, 4) is 5.75 Å². The lowest BCUT2D eigenvalue weighted by atomic mass is 10.1. The van der Waals surface area contributed by atoms with Crippen molar-refractivity contribution >= 4 is 34.5 Å². The maximum atomic E-state index is 12.4. The number of benzene rings is 2. The number of amides is 1. The molecule has 2 aromatic carbocycles. The van der Waals surface area contributed by atoms with E-state index < -0.39 is 0 Å². The molecule has 29 heavy (non-hydrogen) atoms. The number of nitrogens with zero attached hydrogens (tertiary/aromatic N) is 3. The molecule has 0 aliphatic carbocycles. The van der Waals surface area contributed by atoms with Crippen LogP contribution in [0.15, 0.2) is 59.9 Å². The molecule has 0 aliphatic heterocycles.